The average molecular weight is 320 g/mol. The zero-order valence-corrected chi connectivity index (χ0v) is 11.5. The maximum Gasteiger partial charge on any atom is 0.257 e. The Bertz CT molecular complexity index is 649. The SMILES string of the molecule is O=C(Nc1ccc(F)c(Cl)c1)c1cnc(Cl)c(Cl)c1. The standard InChI is InChI=1S/C12H6Cl3FN2O/c13-8-4-7(1-2-10(8)16)18-12(19)6-3-9(14)11(15)17-5-6/h1-5H,(H,18,19). The fourth-order valence-electron chi connectivity index (χ4n) is 1.32. The highest BCUT2D eigenvalue weighted by Gasteiger charge is 2.10. The quantitative estimate of drug-likeness (QED) is 0.832. The van der Waals surface area contributed by atoms with Crippen molar-refractivity contribution in [1.82, 2.24) is 4.98 Å². The summed E-state index contributed by atoms with van der Waals surface area (Å²) in [6.45, 7) is 0. The third kappa shape index (κ3) is 3.35. The first-order valence-corrected chi connectivity index (χ1v) is 6.18. The number of benzene rings is 1. The summed E-state index contributed by atoms with van der Waals surface area (Å²) in [6.07, 6.45) is 1.29. The zero-order chi connectivity index (χ0) is 14.0. The predicted octanol–water partition coefficient (Wildman–Crippen LogP) is 4.43. The Morgan fingerprint density at radius 1 is 1.16 bits per heavy atom. The highest BCUT2D eigenvalue weighted by Crippen LogP contribution is 2.22. The van der Waals surface area contributed by atoms with E-state index in [1.165, 1.54) is 24.4 Å². The number of aromatic nitrogens is 1. The Labute approximate surface area is 123 Å². The van der Waals surface area contributed by atoms with Crippen molar-refractivity contribution in [3.05, 3.63) is 57.0 Å². The van der Waals surface area contributed by atoms with Gasteiger partial charge in [-0.15, -0.1) is 0 Å². The van der Waals surface area contributed by atoms with Gasteiger partial charge in [-0.05, 0) is 24.3 Å². The Morgan fingerprint density at radius 3 is 2.53 bits per heavy atom. The molecular weight excluding hydrogens is 314 g/mol. The van der Waals surface area contributed by atoms with Crippen molar-refractivity contribution in [3.63, 3.8) is 0 Å². The van der Waals surface area contributed by atoms with E-state index in [1.807, 2.05) is 0 Å². The van der Waals surface area contributed by atoms with Gasteiger partial charge in [-0.2, -0.15) is 0 Å². The number of amides is 1. The van der Waals surface area contributed by atoms with Crippen molar-refractivity contribution >= 4 is 46.4 Å². The normalized spacial score (nSPS) is 10.3. The molecule has 0 saturated carbocycles. The van der Waals surface area contributed by atoms with Gasteiger partial charge in [-0.3, -0.25) is 4.79 Å². The topological polar surface area (TPSA) is 42.0 Å². The van der Waals surface area contributed by atoms with Crippen molar-refractivity contribution in [2.24, 2.45) is 0 Å². The first-order chi connectivity index (χ1) is 8.97. The molecule has 0 spiro atoms. The van der Waals surface area contributed by atoms with E-state index < -0.39 is 11.7 Å². The number of rotatable bonds is 2. The summed E-state index contributed by atoms with van der Waals surface area (Å²) in [5.41, 5.74) is 0.595. The van der Waals surface area contributed by atoms with Gasteiger partial charge in [0.15, 0.2) is 0 Å². The van der Waals surface area contributed by atoms with Gasteiger partial charge >= 0.3 is 0 Å². The summed E-state index contributed by atoms with van der Waals surface area (Å²) < 4.78 is 13.0. The van der Waals surface area contributed by atoms with Gasteiger partial charge in [0.25, 0.3) is 5.91 Å². The van der Waals surface area contributed by atoms with Crippen LogP contribution in [0.1, 0.15) is 10.4 Å². The first kappa shape index (κ1) is 14.1. The second-order valence-electron chi connectivity index (χ2n) is 3.58. The molecule has 0 unspecified atom stereocenters. The maximum absolute atomic E-state index is 13.0. The van der Waals surface area contributed by atoms with Gasteiger partial charge in [0.2, 0.25) is 0 Å². The molecule has 0 aliphatic heterocycles. The molecule has 1 N–H and O–H groups in total. The molecule has 0 fully saturated rings. The molecule has 1 aromatic carbocycles. The fraction of sp³-hybridized carbons (Fsp3) is 0. The van der Waals surface area contributed by atoms with E-state index in [4.69, 9.17) is 34.8 Å². The second-order valence-corrected chi connectivity index (χ2v) is 4.75. The lowest BCUT2D eigenvalue weighted by atomic mass is 10.2. The average Bonchev–Trinajstić information content (AvgIpc) is 2.37. The lowest BCUT2D eigenvalue weighted by molar-refractivity contribution is 0.102. The van der Waals surface area contributed by atoms with Crippen LogP contribution >= 0.6 is 34.8 Å². The third-order valence-electron chi connectivity index (χ3n) is 2.24. The molecule has 0 atom stereocenters. The minimum Gasteiger partial charge on any atom is -0.322 e. The smallest absolute Gasteiger partial charge is 0.257 e. The van der Waals surface area contributed by atoms with E-state index in [9.17, 15) is 9.18 Å². The molecule has 1 amide bonds. The van der Waals surface area contributed by atoms with Crippen molar-refractivity contribution in [2.75, 3.05) is 5.32 Å². The van der Waals surface area contributed by atoms with Crippen LogP contribution in [0.25, 0.3) is 0 Å². The molecule has 3 nitrogen and oxygen atoms in total. The van der Waals surface area contributed by atoms with E-state index >= 15 is 0 Å². The summed E-state index contributed by atoms with van der Waals surface area (Å²) in [7, 11) is 0. The van der Waals surface area contributed by atoms with Gasteiger partial charge < -0.3 is 5.32 Å². The molecule has 0 bridgehead atoms. The Hall–Kier alpha value is -1.36. The summed E-state index contributed by atoms with van der Waals surface area (Å²) in [5.74, 6) is -1.01. The molecule has 0 aliphatic carbocycles. The van der Waals surface area contributed by atoms with Crippen LogP contribution in [0.15, 0.2) is 30.5 Å². The van der Waals surface area contributed by atoms with Crippen molar-refractivity contribution < 1.29 is 9.18 Å². The van der Waals surface area contributed by atoms with Crippen LogP contribution in [0.4, 0.5) is 10.1 Å². The molecule has 1 aromatic heterocycles. The van der Waals surface area contributed by atoms with Crippen LogP contribution in [-0.4, -0.2) is 10.9 Å². The number of carbonyl (C=O) groups excluding carboxylic acids is 1. The lowest BCUT2D eigenvalue weighted by Gasteiger charge is -2.06. The van der Waals surface area contributed by atoms with Crippen LogP contribution in [0.5, 0.6) is 0 Å². The molecule has 0 saturated heterocycles. The number of hydrogen-bond acceptors (Lipinski definition) is 2. The molecular formula is C12H6Cl3FN2O. The van der Waals surface area contributed by atoms with Crippen LogP contribution in [0, 0.1) is 5.82 Å². The van der Waals surface area contributed by atoms with Crippen LogP contribution < -0.4 is 5.32 Å². The molecule has 1 heterocycles. The van der Waals surface area contributed by atoms with Gasteiger partial charge in [0, 0.05) is 11.9 Å². The lowest BCUT2D eigenvalue weighted by Crippen LogP contribution is -2.12. The van der Waals surface area contributed by atoms with E-state index in [2.05, 4.69) is 10.3 Å². The number of carbonyl (C=O) groups is 1. The Morgan fingerprint density at radius 2 is 1.89 bits per heavy atom. The van der Waals surface area contributed by atoms with Crippen molar-refractivity contribution in [3.8, 4) is 0 Å². The molecule has 0 radical (unpaired) electrons. The molecule has 2 aromatic rings. The summed E-state index contributed by atoms with van der Waals surface area (Å²) in [4.78, 5) is 15.6. The zero-order valence-electron chi connectivity index (χ0n) is 9.25. The van der Waals surface area contributed by atoms with Gasteiger partial charge in [-0.25, -0.2) is 9.37 Å². The summed E-state index contributed by atoms with van der Waals surface area (Å²) >= 11 is 17.0. The van der Waals surface area contributed by atoms with Crippen molar-refractivity contribution in [1.29, 1.82) is 0 Å². The van der Waals surface area contributed by atoms with E-state index in [0.29, 0.717) is 5.69 Å². The first-order valence-electron chi connectivity index (χ1n) is 5.05. The van der Waals surface area contributed by atoms with E-state index in [1.54, 1.807) is 0 Å². The summed E-state index contributed by atoms with van der Waals surface area (Å²) in [6, 6.07) is 5.24. The van der Waals surface area contributed by atoms with E-state index in [-0.39, 0.29) is 20.8 Å². The van der Waals surface area contributed by atoms with Gasteiger partial charge in [0.1, 0.15) is 11.0 Å². The highest BCUT2D eigenvalue weighted by atomic mass is 35.5. The van der Waals surface area contributed by atoms with E-state index in [0.717, 1.165) is 6.07 Å². The largest absolute Gasteiger partial charge is 0.322 e. The second kappa shape index (κ2) is 5.74. The minimum atomic E-state index is -0.559. The molecule has 19 heavy (non-hydrogen) atoms. The third-order valence-corrected chi connectivity index (χ3v) is 3.21. The molecule has 98 valence electrons. The number of nitrogens with one attached hydrogen (secondary N) is 1. The van der Waals surface area contributed by atoms with Crippen LogP contribution in [-0.2, 0) is 0 Å². The van der Waals surface area contributed by atoms with Gasteiger partial charge in [0.05, 0.1) is 15.6 Å². The minimum absolute atomic E-state index is 0.0786. The van der Waals surface area contributed by atoms with Crippen LogP contribution in [0.2, 0.25) is 15.2 Å². The van der Waals surface area contributed by atoms with Crippen molar-refractivity contribution in [2.45, 2.75) is 0 Å². The Kier molecular flexibility index (Phi) is 4.24. The fourth-order valence-corrected chi connectivity index (χ4v) is 1.77. The number of anilines is 1. The van der Waals surface area contributed by atoms with Gasteiger partial charge in [-0.1, -0.05) is 34.8 Å². The predicted molar refractivity (Wildman–Crippen MR) is 73.6 cm³/mol. The Balaban J connectivity index is 2.20. The maximum atomic E-state index is 13.0. The molecule has 0 aliphatic rings. The number of pyridine rings is 1. The number of nitrogens with zero attached hydrogens (tertiary/aromatic N) is 1. The number of hydrogen-bond donors (Lipinski definition) is 1. The highest BCUT2D eigenvalue weighted by molar-refractivity contribution is 6.41. The molecule has 7 heteroatoms. The summed E-state index contributed by atoms with van der Waals surface area (Å²) in [5, 5.41) is 2.75. The monoisotopic (exact) mass is 318 g/mol. The molecule has 2 rings (SSSR count). The number of halogens is 4. The van der Waals surface area contributed by atoms with Crippen LogP contribution in [0.3, 0.4) is 0 Å².